The third-order valence-electron chi connectivity index (χ3n) is 3.52. The van der Waals surface area contributed by atoms with Crippen LogP contribution in [0.2, 0.25) is 0 Å². The summed E-state index contributed by atoms with van der Waals surface area (Å²) in [7, 11) is -3.53. The van der Waals surface area contributed by atoms with E-state index in [0.29, 0.717) is 45.0 Å². The number of piperazine rings is 1. The Hall–Kier alpha value is -1.22. The summed E-state index contributed by atoms with van der Waals surface area (Å²) in [5.41, 5.74) is 0.588. The quantitative estimate of drug-likeness (QED) is 0.757. The van der Waals surface area contributed by atoms with E-state index in [1.165, 1.54) is 10.5 Å². The number of sulfonamides is 1. The number of anilines is 1. The van der Waals surface area contributed by atoms with E-state index in [9.17, 15) is 8.42 Å². The first-order valence-corrected chi connectivity index (χ1v) is 8.55. The van der Waals surface area contributed by atoms with Crippen molar-refractivity contribution in [2.75, 3.05) is 51.2 Å². The fourth-order valence-electron chi connectivity index (χ4n) is 2.40. The number of nitrogens with one attached hydrogen (secondary N) is 1. The minimum Gasteiger partial charge on any atom is -0.395 e. The van der Waals surface area contributed by atoms with Crippen LogP contribution in [-0.4, -0.2) is 73.6 Å². The normalized spacial score (nSPS) is 17.8. The molecule has 0 atom stereocenters. The van der Waals surface area contributed by atoms with Gasteiger partial charge in [-0.15, -0.1) is 0 Å². The second-order valence-electron chi connectivity index (χ2n) is 4.87. The molecule has 118 valence electrons. The van der Waals surface area contributed by atoms with E-state index in [1.54, 1.807) is 12.3 Å². The van der Waals surface area contributed by atoms with Crippen LogP contribution in [0.1, 0.15) is 6.92 Å². The zero-order valence-corrected chi connectivity index (χ0v) is 13.0. The first-order valence-electron chi connectivity index (χ1n) is 7.11. The largest absolute Gasteiger partial charge is 0.395 e. The molecule has 0 amide bonds. The summed E-state index contributed by atoms with van der Waals surface area (Å²) in [4.78, 5) is 6.22. The van der Waals surface area contributed by atoms with Crippen LogP contribution in [0.15, 0.2) is 23.4 Å². The molecule has 21 heavy (non-hydrogen) atoms. The number of aliphatic hydroxyl groups excluding tert-OH is 1. The van der Waals surface area contributed by atoms with E-state index in [2.05, 4.69) is 15.2 Å². The van der Waals surface area contributed by atoms with Gasteiger partial charge >= 0.3 is 0 Å². The van der Waals surface area contributed by atoms with Crippen LogP contribution in [-0.2, 0) is 10.0 Å². The van der Waals surface area contributed by atoms with Crippen molar-refractivity contribution in [1.29, 1.82) is 0 Å². The second-order valence-corrected chi connectivity index (χ2v) is 6.78. The molecular formula is C13H22N4O3S. The highest BCUT2D eigenvalue weighted by Gasteiger charge is 2.30. The lowest BCUT2D eigenvalue weighted by Crippen LogP contribution is -2.49. The maximum Gasteiger partial charge on any atom is 0.246 e. The van der Waals surface area contributed by atoms with Gasteiger partial charge < -0.3 is 10.4 Å². The lowest BCUT2D eigenvalue weighted by atomic mass is 10.4. The number of rotatable bonds is 6. The highest BCUT2D eigenvalue weighted by atomic mass is 32.2. The summed E-state index contributed by atoms with van der Waals surface area (Å²) in [6.45, 7) is 5.39. The summed E-state index contributed by atoms with van der Waals surface area (Å²) < 4.78 is 26.9. The molecule has 1 aliphatic heterocycles. The van der Waals surface area contributed by atoms with Crippen LogP contribution in [0, 0.1) is 0 Å². The molecule has 1 saturated heterocycles. The molecule has 2 heterocycles. The van der Waals surface area contributed by atoms with E-state index in [4.69, 9.17) is 5.11 Å². The topological polar surface area (TPSA) is 85.8 Å². The molecule has 0 aromatic carbocycles. The van der Waals surface area contributed by atoms with Gasteiger partial charge in [0.1, 0.15) is 4.90 Å². The Bertz CT molecular complexity index is 556. The first-order chi connectivity index (χ1) is 10.1. The number of aromatic nitrogens is 1. The van der Waals surface area contributed by atoms with Crippen molar-refractivity contribution >= 4 is 15.7 Å². The van der Waals surface area contributed by atoms with Gasteiger partial charge in [-0.2, -0.15) is 4.31 Å². The van der Waals surface area contributed by atoms with E-state index in [-0.39, 0.29) is 11.5 Å². The van der Waals surface area contributed by atoms with Gasteiger partial charge in [0.2, 0.25) is 10.0 Å². The Morgan fingerprint density at radius 3 is 2.67 bits per heavy atom. The molecular weight excluding hydrogens is 292 g/mol. The summed E-state index contributed by atoms with van der Waals surface area (Å²) in [6.07, 6.45) is 2.98. The maximum atomic E-state index is 12.7. The lowest BCUT2D eigenvalue weighted by Gasteiger charge is -2.33. The lowest BCUT2D eigenvalue weighted by molar-refractivity contribution is 0.151. The van der Waals surface area contributed by atoms with Gasteiger partial charge in [-0.25, -0.2) is 8.42 Å². The van der Waals surface area contributed by atoms with Gasteiger partial charge in [0.25, 0.3) is 0 Å². The highest BCUT2D eigenvalue weighted by Crippen LogP contribution is 2.24. The number of β-amino-alcohol motifs (C(OH)–C–C–N with tert-alkyl or cyclic N) is 1. The molecule has 0 saturated carbocycles. The highest BCUT2D eigenvalue weighted by molar-refractivity contribution is 7.89. The monoisotopic (exact) mass is 314 g/mol. The number of hydrogen-bond donors (Lipinski definition) is 2. The average molecular weight is 314 g/mol. The Kier molecular flexibility index (Phi) is 5.51. The minimum absolute atomic E-state index is 0.0971. The molecule has 2 rings (SSSR count). The Labute approximate surface area is 125 Å². The van der Waals surface area contributed by atoms with Gasteiger partial charge in [-0.1, -0.05) is 0 Å². The Balaban J connectivity index is 2.16. The van der Waals surface area contributed by atoms with Crippen LogP contribution in [0.25, 0.3) is 0 Å². The molecule has 0 spiro atoms. The van der Waals surface area contributed by atoms with E-state index >= 15 is 0 Å². The van der Waals surface area contributed by atoms with Gasteiger partial charge in [-0.05, 0) is 13.0 Å². The van der Waals surface area contributed by atoms with E-state index in [1.807, 2.05) is 6.92 Å². The molecule has 1 aromatic rings. The Morgan fingerprint density at radius 2 is 2.05 bits per heavy atom. The van der Waals surface area contributed by atoms with Crippen molar-refractivity contribution in [3.63, 3.8) is 0 Å². The van der Waals surface area contributed by atoms with Crippen molar-refractivity contribution in [1.82, 2.24) is 14.2 Å². The van der Waals surface area contributed by atoms with Crippen LogP contribution < -0.4 is 5.32 Å². The molecule has 0 radical (unpaired) electrons. The fourth-order valence-corrected chi connectivity index (χ4v) is 3.93. The van der Waals surface area contributed by atoms with Crippen molar-refractivity contribution in [3.05, 3.63) is 18.5 Å². The summed E-state index contributed by atoms with van der Waals surface area (Å²) in [5, 5.41) is 12.0. The molecule has 1 fully saturated rings. The molecule has 1 aliphatic rings. The summed E-state index contributed by atoms with van der Waals surface area (Å²) in [6, 6.07) is 1.68. The van der Waals surface area contributed by atoms with E-state index < -0.39 is 10.0 Å². The molecule has 8 heteroatoms. The van der Waals surface area contributed by atoms with E-state index in [0.717, 1.165) is 0 Å². The Morgan fingerprint density at radius 1 is 1.33 bits per heavy atom. The molecule has 0 aliphatic carbocycles. The molecule has 7 nitrogen and oxygen atoms in total. The molecule has 0 bridgehead atoms. The average Bonchev–Trinajstić information content (AvgIpc) is 2.49. The molecule has 0 unspecified atom stereocenters. The number of nitrogens with zero attached hydrogens (tertiary/aromatic N) is 3. The van der Waals surface area contributed by atoms with Crippen LogP contribution in [0.5, 0.6) is 0 Å². The second kappa shape index (κ2) is 7.17. The maximum absolute atomic E-state index is 12.7. The van der Waals surface area contributed by atoms with Gasteiger partial charge in [0.05, 0.1) is 12.3 Å². The number of hydrogen-bond acceptors (Lipinski definition) is 6. The third-order valence-corrected chi connectivity index (χ3v) is 5.44. The zero-order chi connectivity index (χ0) is 15.3. The zero-order valence-electron chi connectivity index (χ0n) is 12.2. The van der Waals surface area contributed by atoms with Gasteiger partial charge in [-0.3, -0.25) is 9.88 Å². The van der Waals surface area contributed by atoms with Crippen LogP contribution in [0.4, 0.5) is 5.69 Å². The first kappa shape index (κ1) is 16.2. The predicted octanol–water partition coefficient (Wildman–Crippen LogP) is -0.188. The van der Waals surface area contributed by atoms with Crippen molar-refractivity contribution in [3.8, 4) is 0 Å². The third kappa shape index (κ3) is 3.70. The number of aliphatic hydroxyl groups is 1. The van der Waals surface area contributed by atoms with Gasteiger partial charge in [0, 0.05) is 51.7 Å². The van der Waals surface area contributed by atoms with Crippen LogP contribution >= 0.6 is 0 Å². The molecule has 2 N–H and O–H groups in total. The smallest absolute Gasteiger partial charge is 0.246 e. The minimum atomic E-state index is -3.53. The van der Waals surface area contributed by atoms with Crippen molar-refractivity contribution in [2.24, 2.45) is 0 Å². The number of pyridine rings is 1. The summed E-state index contributed by atoms with van der Waals surface area (Å²) in [5.74, 6) is 0. The van der Waals surface area contributed by atoms with Gasteiger partial charge in [0.15, 0.2) is 0 Å². The van der Waals surface area contributed by atoms with Crippen LogP contribution in [0.3, 0.4) is 0 Å². The SMILES string of the molecule is CCNc1ccncc1S(=O)(=O)N1CCN(CCO)CC1. The molecule has 1 aromatic heterocycles. The summed E-state index contributed by atoms with van der Waals surface area (Å²) >= 11 is 0. The van der Waals surface area contributed by atoms with Crippen molar-refractivity contribution in [2.45, 2.75) is 11.8 Å². The predicted molar refractivity (Wildman–Crippen MR) is 80.7 cm³/mol. The van der Waals surface area contributed by atoms with Crippen molar-refractivity contribution < 1.29 is 13.5 Å². The standard InChI is InChI=1S/C13H22N4O3S/c1-2-15-12-3-4-14-11-13(12)21(19,20)17-7-5-16(6-8-17)9-10-18/h3-4,11,18H,2,5-10H2,1H3,(H,14,15). The fraction of sp³-hybridized carbons (Fsp3) is 0.615.